The molecule has 0 aromatic rings. The van der Waals surface area contributed by atoms with Crippen LogP contribution in [0.15, 0.2) is 0 Å². The van der Waals surface area contributed by atoms with Crippen molar-refractivity contribution in [2.45, 2.75) is 11.9 Å². The molecule has 2 unspecified atom stereocenters. The van der Waals surface area contributed by atoms with Crippen molar-refractivity contribution in [3.63, 3.8) is 0 Å². The van der Waals surface area contributed by atoms with Crippen molar-refractivity contribution in [1.82, 2.24) is 0 Å². The Bertz CT molecular complexity index is 128. The molecule has 54 valence electrons. The molecule has 0 bridgehead atoms. The van der Waals surface area contributed by atoms with Crippen molar-refractivity contribution in [2.75, 3.05) is 0 Å². The molecule has 3 N–H and O–H groups in total. The summed E-state index contributed by atoms with van der Waals surface area (Å²) >= 11 is 0. The van der Waals surface area contributed by atoms with Gasteiger partial charge in [0.25, 0.3) is 0 Å². The summed E-state index contributed by atoms with van der Waals surface area (Å²) < 4.78 is 9.67. The molecule has 0 amide bonds. The van der Waals surface area contributed by atoms with Crippen LogP contribution in [0.4, 0.5) is 0 Å². The molecule has 0 radical (unpaired) electrons. The zero-order chi connectivity index (χ0) is 7.44. The van der Waals surface area contributed by atoms with Gasteiger partial charge in [0.2, 0.25) is 0 Å². The molecule has 0 aromatic carbocycles. The van der Waals surface area contributed by atoms with Crippen molar-refractivity contribution in [3.8, 4) is 0 Å². The standard InChI is InChI=1S/C3H5O5P.Na.H/c4-1(2(5)6)3(7)9-8;;/h1,3-4,7H,(H,5,6);;. The molecule has 7 heteroatoms. The molecule has 0 aliphatic rings. The fourth-order valence-electron chi connectivity index (χ4n) is 0.185. The average molecular weight is 176 g/mol. The number of aliphatic hydroxyl groups excluding tert-OH is 2. The first-order valence-corrected chi connectivity index (χ1v) is 2.89. The Morgan fingerprint density at radius 1 is 1.40 bits per heavy atom. The van der Waals surface area contributed by atoms with E-state index in [1.165, 1.54) is 0 Å². The fourth-order valence-corrected chi connectivity index (χ4v) is 0.428. The zero-order valence-electron chi connectivity index (χ0n) is 4.26. The van der Waals surface area contributed by atoms with Gasteiger partial charge >= 0.3 is 35.5 Å². The van der Waals surface area contributed by atoms with E-state index in [4.69, 9.17) is 15.3 Å². The number of aliphatic hydroxyl groups is 2. The Kier molecular flexibility index (Phi) is 8.15. The number of rotatable bonds is 3. The van der Waals surface area contributed by atoms with Crippen LogP contribution >= 0.6 is 8.46 Å². The SMILES string of the molecule is O=PC(O)C(O)C(=O)O.[NaH]. The predicted molar refractivity (Wildman–Crippen MR) is 34.4 cm³/mol. The number of hydrogen-bond acceptors (Lipinski definition) is 4. The molecule has 0 aliphatic carbocycles. The number of carbonyl (C=O) groups is 1. The van der Waals surface area contributed by atoms with Gasteiger partial charge in [-0.1, -0.05) is 0 Å². The van der Waals surface area contributed by atoms with E-state index in [1.54, 1.807) is 0 Å². The molecule has 0 rings (SSSR count). The van der Waals surface area contributed by atoms with Gasteiger partial charge in [-0.15, -0.1) is 0 Å². The Morgan fingerprint density at radius 3 is 1.90 bits per heavy atom. The third-order valence-electron chi connectivity index (χ3n) is 0.643. The van der Waals surface area contributed by atoms with E-state index in [-0.39, 0.29) is 29.6 Å². The van der Waals surface area contributed by atoms with Crippen molar-refractivity contribution in [2.24, 2.45) is 0 Å². The van der Waals surface area contributed by atoms with E-state index in [9.17, 15) is 9.36 Å². The topological polar surface area (TPSA) is 94.8 Å². The number of hydrogen-bond donors (Lipinski definition) is 3. The minimum absolute atomic E-state index is 0. The molecule has 0 aliphatic heterocycles. The van der Waals surface area contributed by atoms with Crippen LogP contribution in [-0.4, -0.2) is 62.8 Å². The summed E-state index contributed by atoms with van der Waals surface area (Å²) in [5.74, 6) is -3.33. The van der Waals surface area contributed by atoms with Gasteiger partial charge in [0.15, 0.2) is 20.4 Å². The number of carboxylic acids is 1. The van der Waals surface area contributed by atoms with Gasteiger partial charge in [-0.3, -0.25) is 4.57 Å². The second-order valence-electron chi connectivity index (χ2n) is 1.30. The Balaban J connectivity index is 0. The summed E-state index contributed by atoms with van der Waals surface area (Å²) in [6.45, 7) is 0. The molecule has 0 fully saturated rings. The predicted octanol–water partition coefficient (Wildman–Crippen LogP) is -1.61. The summed E-state index contributed by atoms with van der Waals surface area (Å²) in [7, 11) is -0.792. The molecule has 5 nitrogen and oxygen atoms in total. The molecule has 0 spiro atoms. The van der Waals surface area contributed by atoms with E-state index in [0.29, 0.717) is 0 Å². The van der Waals surface area contributed by atoms with Crippen LogP contribution in [0.3, 0.4) is 0 Å². The molecule has 0 heterocycles. The first-order chi connectivity index (χ1) is 4.09. The normalized spacial score (nSPS) is 15.4. The third-order valence-corrected chi connectivity index (χ3v) is 1.14. The van der Waals surface area contributed by atoms with E-state index >= 15 is 0 Å². The summed E-state index contributed by atoms with van der Waals surface area (Å²) in [4.78, 5) is 9.75. The van der Waals surface area contributed by atoms with Crippen LogP contribution in [0.25, 0.3) is 0 Å². The summed E-state index contributed by atoms with van der Waals surface area (Å²) in [6, 6.07) is 0. The van der Waals surface area contributed by atoms with Crippen molar-refractivity contribution >= 4 is 44.0 Å². The number of aliphatic carboxylic acids is 1. The third kappa shape index (κ3) is 4.33. The van der Waals surface area contributed by atoms with Crippen LogP contribution in [0, 0.1) is 0 Å². The van der Waals surface area contributed by atoms with E-state index in [2.05, 4.69) is 0 Å². The van der Waals surface area contributed by atoms with Crippen molar-refractivity contribution in [3.05, 3.63) is 0 Å². The first kappa shape index (κ1) is 13.1. The summed E-state index contributed by atoms with van der Waals surface area (Å²) in [5.41, 5.74) is 0. The molecular weight excluding hydrogens is 170 g/mol. The van der Waals surface area contributed by atoms with Crippen LogP contribution in [-0.2, 0) is 9.36 Å². The van der Waals surface area contributed by atoms with Crippen molar-refractivity contribution in [1.29, 1.82) is 0 Å². The molecule has 0 aromatic heterocycles. The zero-order valence-corrected chi connectivity index (χ0v) is 5.15. The Morgan fingerprint density at radius 2 is 1.80 bits per heavy atom. The summed E-state index contributed by atoms with van der Waals surface area (Å²) in [5, 5.41) is 24.6. The van der Waals surface area contributed by atoms with E-state index in [0.717, 1.165) is 0 Å². The van der Waals surface area contributed by atoms with Crippen LogP contribution in [0.1, 0.15) is 0 Å². The Hall–Kier alpha value is 0.490. The number of carboxylic acid groups (broad SMARTS) is 1. The van der Waals surface area contributed by atoms with Crippen LogP contribution in [0.5, 0.6) is 0 Å². The average Bonchev–Trinajstić information content (AvgIpc) is 1.84. The molecular formula is C3H6NaO5P. The maximum absolute atomic E-state index is 9.75. The summed E-state index contributed by atoms with van der Waals surface area (Å²) in [6.07, 6.45) is -1.97. The monoisotopic (exact) mass is 176 g/mol. The van der Waals surface area contributed by atoms with Gasteiger partial charge in [-0.2, -0.15) is 0 Å². The molecule has 2 atom stereocenters. The van der Waals surface area contributed by atoms with Gasteiger partial charge in [0.05, 0.1) is 0 Å². The van der Waals surface area contributed by atoms with Crippen LogP contribution < -0.4 is 0 Å². The molecule has 0 saturated carbocycles. The Labute approximate surface area is 80.5 Å². The van der Waals surface area contributed by atoms with Crippen LogP contribution in [0.2, 0.25) is 0 Å². The van der Waals surface area contributed by atoms with Gasteiger partial charge in [0.1, 0.15) is 0 Å². The molecule has 10 heavy (non-hydrogen) atoms. The van der Waals surface area contributed by atoms with Gasteiger partial charge in [-0.05, 0) is 0 Å². The van der Waals surface area contributed by atoms with E-state index in [1.807, 2.05) is 0 Å². The van der Waals surface area contributed by atoms with E-state index < -0.39 is 26.4 Å². The van der Waals surface area contributed by atoms with Gasteiger partial charge in [-0.25, -0.2) is 4.79 Å². The maximum atomic E-state index is 9.75. The fraction of sp³-hybridized carbons (Fsp3) is 0.667. The first-order valence-electron chi connectivity index (χ1n) is 2.01. The molecule has 0 saturated heterocycles. The van der Waals surface area contributed by atoms with Gasteiger partial charge < -0.3 is 15.3 Å². The van der Waals surface area contributed by atoms with Gasteiger partial charge in [0, 0.05) is 0 Å². The quantitative estimate of drug-likeness (QED) is 0.355. The second kappa shape index (κ2) is 6.22. The minimum atomic E-state index is -1.97. The second-order valence-corrected chi connectivity index (χ2v) is 2.04. The van der Waals surface area contributed by atoms with Crippen molar-refractivity contribution < 1.29 is 24.7 Å².